The third-order valence-electron chi connectivity index (χ3n) is 3.51. The van der Waals surface area contributed by atoms with E-state index in [-0.39, 0.29) is 0 Å². The Morgan fingerprint density at radius 1 is 1.36 bits per heavy atom. The van der Waals surface area contributed by atoms with Crippen molar-refractivity contribution in [3.8, 4) is 0 Å². The molecule has 1 aliphatic carbocycles. The van der Waals surface area contributed by atoms with E-state index in [2.05, 4.69) is 35.9 Å². The first-order valence-electron chi connectivity index (χ1n) is 5.81. The van der Waals surface area contributed by atoms with Crippen LogP contribution in [0, 0.1) is 12.8 Å². The van der Waals surface area contributed by atoms with Gasteiger partial charge in [-0.3, -0.25) is 4.68 Å². The fraction of sp³-hybridized carbons (Fsp3) is 0.750. The summed E-state index contributed by atoms with van der Waals surface area (Å²) in [6.45, 7) is 4.37. The highest BCUT2D eigenvalue weighted by molar-refractivity contribution is 4.96. The van der Waals surface area contributed by atoms with Crippen LogP contribution in [0.1, 0.15) is 50.8 Å². The monoisotopic (exact) mass is 192 g/mol. The first kappa shape index (κ1) is 9.75. The first-order chi connectivity index (χ1) is 6.79. The molecular formula is C12H20N2. The van der Waals surface area contributed by atoms with Gasteiger partial charge in [0.05, 0.1) is 11.7 Å². The van der Waals surface area contributed by atoms with E-state index in [0.29, 0.717) is 6.04 Å². The Kier molecular flexibility index (Phi) is 2.90. The Balaban J connectivity index is 1.95. The number of nitrogens with zero attached hydrogens (tertiary/aromatic N) is 2. The molecule has 2 heteroatoms. The van der Waals surface area contributed by atoms with Gasteiger partial charge in [-0.05, 0) is 44.6 Å². The molecule has 0 atom stereocenters. The maximum Gasteiger partial charge on any atom is 0.0593 e. The van der Waals surface area contributed by atoms with Gasteiger partial charge in [-0.1, -0.05) is 13.3 Å². The predicted molar refractivity (Wildman–Crippen MR) is 58.3 cm³/mol. The lowest BCUT2D eigenvalue weighted by Crippen LogP contribution is -2.18. The molecule has 78 valence electrons. The largest absolute Gasteiger partial charge is 0.269 e. The molecule has 1 aliphatic rings. The molecule has 0 saturated heterocycles. The number of aryl methyl sites for hydroxylation is 1. The van der Waals surface area contributed by atoms with Crippen LogP contribution in [0.3, 0.4) is 0 Å². The molecule has 0 radical (unpaired) electrons. The molecule has 14 heavy (non-hydrogen) atoms. The maximum absolute atomic E-state index is 4.50. The van der Waals surface area contributed by atoms with Gasteiger partial charge in [-0.15, -0.1) is 0 Å². The molecule has 1 fully saturated rings. The fourth-order valence-corrected chi connectivity index (χ4v) is 2.45. The van der Waals surface area contributed by atoms with Gasteiger partial charge in [0.25, 0.3) is 0 Å². The van der Waals surface area contributed by atoms with Crippen molar-refractivity contribution in [2.24, 2.45) is 5.92 Å². The zero-order chi connectivity index (χ0) is 9.97. The molecule has 0 aromatic carbocycles. The lowest BCUT2D eigenvalue weighted by molar-refractivity contribution is 0.256. The molecule has 0 amide bonds. The normalized spacial score (nSPS) is 27.9. The fourth-order valence-electron chi connectivity index (χ4n) is 2.45. The van der Waals surface area contributed by atoms with Crippen LogP contribution in [0.25, 0.3) is 0 Å². The van der Waals surface area contributed by atoms with Gasteiger partial charge in [0.15, 0.2) is 0 Å². The predicted octanol–water partition coefficient (Wildman–Crippen LogP) is 3.33. The number of hydrogen-bond acceptors (Lipinski definition) is 1. The van der Waals surface area contributed by atoms with Crippen LogP contribution in [-0.4, -0.2) is 9.78 Å². The molecule has 0 N–H and O–H groups in total. The maximum atomic E-state index is 4.50. The lowest BCUT2D eigenvalue weighted by atomic mass is 9.85. The molecule has 0 unspecified atom stereocenters. The Hall–Kier alpha value is -0.790. The van der Waals surface area contributed by atoms with E-state index in [4.69, 9.17) is 0 Å². The molecule has 1 heterocycles. The molecule has 1 aromatic rings. The number of rotatable bonds is 2. The molecule has 1 aromatic heterocycles. The van der Waals surface area contributed by atoms with Gasteiger partial charge >= 0.3 is 0 Å². The third-order valence-corrected chi connectivity index (χ3v) is 3.51. The van der Waals surface area contributed by atoms with Crippen molar-refractivity contribution in [2.45, 2.75) is 52.0 Å². The highest BCUT2D eigenvalue weighted by Gasteiger charge is 2.21. The van der Waals surface area contributed by atoms with Crippen molar-refractivity contribution in [3.05, 3.63) is 18.0 Å². The van der Waals surface area contributed by atoms with Gasteiger partial charge in [-0.25, -0.2) is 0 Å². The highest BCUT2D eigenvalue weighted by Crippen LogP contribution is 2.33. The molecule has 2 rings (SSSR count). The Morgan fingerprint density at radius 2 is 2.07 bits per heavy atom. The second-order valence-corrected chi connectivity index (χ2v) is 4.52. The van der Waals surface area contributed by atoms with E-state index in [1.807, 2.05) is 0 Å². The first-order valence-corrected chi connectivity index (χ1v) is 5.81. The molecule has 0 aliphatic heterocycles. The third kappa shape index (κ3) is 1.99. The topological polar surface area (TPSA) is 17.8 Å². The summed E-state index contributed by atoms with van der Waals surface area (Å²) in [5.41, 5.74) is 1.14. The van der Waals surface area contributed by atoms with Crippen LogP contribution in [0.15, 0.2) is 12.3 Å². The van der Waals surface area contributed by atoms with Crippen molar-refractivity contribution in [1.29, 1.82) is 0 Å². The minimum Gasteiger partial charge on any atom is -0.269 e. The van der Waals surface area contributed by atoms with Crippen LogP contribution in [0.5, 0.6) is 0 Å². The second kappa shape index (κ2) is 4.16. The van der Waals surface area contributed by atoms with Crippen molar-refractivity contribution in [2.75, 3.05) is 0 Å². The SMILES string of the molecule is CCC1CCC(n2ccc(C)n2)CC1. The van der Waals surface area contributed by atoms with E-state index in [0.717, 1.165) is 11.6 Å². The molecule has 0 spiro atoms. The zero-order valence-corrected chi connectivity index (χ0v) is 9.24. The second-order valence-electron chi connectivity index (χ2n) is 4.52. The van der Waals surface area contributed by atoms with Crippen molar-refractivity contribution < 1.29 is 0 Å². The molecular weight excluding hydrogens is 172 g/mol. The Morgan fingerprint density at radius 3 is 2.57 bits per heavy atom. The summed E-state index contributed by atoms with van der Waals surface area (Å²) in [4.78, 5) is 0. The van der Waals surface area contributed by atoms with Crippen LogP contribution in [0.4, 0.5) is 0 Å². The van der Waals surface area contributed by atoms with Gasteiger partial charge in [-0.2, -0.15) is 5.10 Å². The van der Waals surface area contributed by atoms with Gasteiger partial charge < -0.3 is 0 Å². The quantitative estimate of drug-likeness (QED) is 0.702. The average molecular weight is 192 g/mol. The minimum atomic E-state index is 0.673. The molecule has 0 bridgehead atoms. The van der Waals surface area contributed by atoms with Crippen LogP contribution >= 0.6 is 0 Å². The van der Waals surface area contributed by atoms with E-state index in [1.54, 1.807) is 0 Å². The summed E-state index contributed by atoms with van der Waals surface area (Å²) in [6.07, 6.45) is 8.90. The van der Waals surface area contributed by atoms with E-state index >= 15 is 0 Å². The van der Waals surface area contributed by atoms with Gasteiger partial charge in [0, 0.05) is 6.20 Å². The smallest absolute Gasteiger partial charge is 0.0593 e. The number of aromatic nitrogens is 2. The molecule has 2 nitrogen and oxygen atoms in total. The lowest BCUT2D eigenvalue weighted by Gasteiger charge is -2.27. The molecule has 1 saturated carbocycles. The zero-order valence-electron chi connectivity index (χ0n) is 9.24. The van der Waals surface area contributed by atoms with Crippen LogP contribution < -0.4 is 0 Å². The summed E-state index contributed by atoms with van der Waals surface area (Å²) >= 11 is 0. The Bertz CT molecular complexity index is 282. The van der Waals surface area contributed by atoms with Gasteiger partial charge in [0.2, 0.25) is 0 Å². The minimum absolute atomic E-state index is 0.673. The summed E-state index contributed by atoms with van der Waals surface area (Å²) in [6, 6.07) is 2.78. The number of hydrogen-bond donors (Lipinski definition) is 0. The van der Waals surface area contributed by atoms with Gasteiger partial charge in [0.1, 0.15) is 0 Å². The summed E-state index contributed by atoms with van der Waals surface area (Å²) in [5.74, 6) is 0.975. The van der Waals surface area contributed by atoms with Crippen LogP contribution in [0.2, 0.25) is 0 Å². The van der Waals surface area contributed by atoms with E-state index in [1.165, 1.54) is 32.1 Å². The van der Waals surface area contributed by atoms with E-state index in [9.17, 15) is 0 Å². The standard InChI is InChI=1S/C12H20N2/c1-3-11-4-6-12(7-5-11)14-9-8-10(2)13-14/h8-9,11-12H,3-7H2,1-2H3. The summed E-state index contributed by atoms with van der Waals surface area (Å²) in [7, 11) is 0. The average Bonchev–Trinajstić information content (AvgIpc) is 2.65. The summed E-state index contributed by atoms with van der Waals surface area (Å²) < 4.78 is 2.17. The summed E-state index contributed by atoms with van der Waals surface area (Å²) in [5, 5.41) is 4.50. The highest BCUT2D eigenvalue weighted by atomic mass is 15.3. The Labute approximate surface area is 86.3 Å². The van der Waals surface area contributed by atoms with E-state index < -0.39 is 0 Å². The van der Waals surface area contributed by atoms with Crippen molar-refractivity contribution in [3.63, 3.8) is 0 Å². The van der Waals surface area contributed by atoms with Crippen LogP contribution in [-0.2, 0) is 0 Å². The van der Waals surface area contributed by atoms with Crippen molar-refractivity contribution in [1.82, 2.24) is 9.78 Å². The van der Waals surface area contributed by atoms with Crippen molar-refractivity contribution >= 4 is 0 Å².